The number of hydrogen-bond acceptors (Lipinski definition) is 2. The van der Waals surface area contributed by atoms with Crippen LogP contribution >= 0.6 is 11.8 Å². The largest absolute Gasteiger partial charge is 0.359 e. The first-order valence-electron chi connectivity index (χ1n) is 7.80. The van der Waals surface area contributed by atoms with Gasteiger partial charge < -0.3 is 5.32 Å². The van der Waals surface area contributed by atoms with Crippen molar-refractivity contribution in [2.45, 2.75) is 76.3 Å². The Morgan fingerprint density at radius 1 is 1.22 bits per heavy atom. The summed E-state index contributed by atoms with van der Waals surface area (Å²) in [7, 11) is 0. The molecule has 0 aromatic carbocycles. The highest BCUT2D eigenvalue weighted by Gasteiger charge is 2.40. The number of hydrogen-bond donors (Lipinski definition) is 1. The molecule has 0 aromatic heterocycles. The van der Waals surface area contributed by atoms with Gasteiger partial charge in [0.2, 0.25) is 0 Å². The van der Waals surface area contributed by atoms with E-state index in [4.69, 9.17) is 4.99 Å². The quantitative estimate of drug-likeness (QED) is 0.818. The Bertz CT molecular complexity index is 320. The Morgan fingerprint density at radius 2 is 2.00 bits per heavy atom. The molecule has 102 valence electrons. The molecular formula is C15H26N2S. The van der Waals surface area contributed by atoms with Crippen LogP contribution in [0.4, 0.5) is 0 Å². The summed E-state index contributed by atoms with van der Waals surface area (Å²) in [5.41, 5.74) is 0.430. The minimum atomic E-state index is 0.430. The molecule has 18 heavy (non-hydrogen) atoms. The second-order valence-electron chi connectivity index (χ2n) is 6.36. The lowest BCUT2D eigenvalue weighted by Gasteiger charge is -2.28. The second kappa shape index (κ2) is 5.44. The highest BCUT2D eigenvalue weighted by Crippen LogP contribution is 2.38. The maximum atomic E-state index is 5.07. The summed E-state index contributed by atoms with van der Waals surface area (Å²) in [6.45, 7) is 2.33. The van der Waals surface area contributed by atoms with Crippen molar-refractivity contribution in [3.05, 3.63) is 0 Å². The van der Waals surface area contributed by atoms with Crippen molar-refractivity contribution in [2.75, 3.05) is 5.75 Å². The SMILES string of the molecule is CCC1CCCCC1N=C1NC2(CCCC2)CS1. The Labute approximate surface area is 115 Å². The first kappa shape index (κ1) is 12.8. The minimum Gasteiger partial charge on any atom is -0.359 e. The molecule has 2 unspecified atom stereocenters. The van der Waals surface area contributed by atoms with Crippen molar-refractivity contribution in [1.82, 2.24) is 5.32 Å². The van der Waals surface area contributed by atoms with Gasteiger partial charge in [-0.2, -0.15) is 0 Å². The molecule has 3 fully saturated rings. The minimum absolute atomic E-state index is 0.430. The van der Waals surface area contributed by atoms with Gasteiger partial charge in [0.15, 0.2) is 5.17 Å². The van der Waals surface area contributed by atoms with Gasteiger partial charge in [0.1, 0.15) is 0 Å². The number of nitrogens with one attached hydrogen (secondary N) is 1. The molecular weight excluding hydrogens is 240 g/mol. The summed E-state index contributed by atoms with van der Waals surface area (Å²) >= 11 is 1.98. The molecule has 1 saturated heterocycles. The van der Waals surface area contributed by atoms with Crippen LogP contribution in [0, 0.1) is 5.92 Å². The van der Waals surface area contributed by atoms with Crippen LogP contribution in [0.25, 0.3) is 0 Å². The van der Waals surface area contributed by atoms with Crippen molar-refractivity contribution >= 4 is 16.9 Å². The molecule has 3 aliphatic rings. The van der Waals surface area contributed by atoms with E-state index in [-0.39, 0.29) is 0 Å². The zero-order chi connectivity index (χ0) is 12.4. The number of thioether (sulfide) groups is 1. The van der Waals surface area contributed by atoms with Crippen molar-refractivity contribution in [3.8, 4) is 0 Å². The standard InChI is InChI=1S/C15H26N2S/c1-2-12-7-3-4-8-13(12)16-14-17-15(11-18-14)9-5-6-10-15/h12-13H,2-11H2,1H3,(H,16,17). The van der Waals surface area contributed by atoms with Crippen LogP contribution < -0.4 is 5.32 Å². The van der Waals surface area contributed by atoms with Gasteiger partial charge in [-0.05, 0) is 31.6 Å². The van der Waals surface area contributed by atoms with E-state index in [0.29, 0.717) is 11.6 Å². The van der Waals surface area contributed by atoms with Gasteiger partial charge in [0, 0.05) is 11.3 Å². The summed E-state index contributed by atoms with van der Waals surface area (Å²) in [4.78, 5) is 5.07. The van der Waals surface area contributed by atoms with E-state index in [1.807, 2.05) is 11.8 Å². The van der Waals surface area contributed by atoms with Gasteiger partial charge >= 0.3 is 0 Å². The summed E-state index contributed by atoms with van der Waals surface area (Å²) in [5, 5.41) is 5.04. The monoisotopic (exact) mass is 266 g/mol. The summed E-state index contributed by atoms with van der Waals surface area (Å²) in [5.74, 6) is 2.10. The fourth-order valence-corrected chi connectivity index (χ4v) is 5.15. The van der Waals surface area contributed by atoms with Gasteiger partial charge in [-0.1, -0.05) is 50.8 Å². The summed E-state index contributed by atoms with van der Waals surface area (Å²) < 4.78 is 0. The molecule has 3 heteroatoms. The van der Waals surface area contributed by atoms with E-state index in [1.165, 1.54) is 68.7 Å². The van der Waals surface area contributed by atoms with Crippen LogP contribution in [0.15, 0.2) is 4.99 Å². The average Bonchev–Trinajstić information content (AvgIpc) is 3.01. The fraction of sp³-hybridized carbons (Fsp3) is 0.933. The van der Waals surface area contributed by atoms with Gasteiger partial charge in [-0.3, -0.25) is 4.99 Å². The predicted molar refractivity (Wildman–Crippen MR) is 80.3 cm³/mol. The molecule has 2 aliphatic carbocycles. The van der Waals surface area contributed by atoms with Gasteiger partial charge in [0.05, 0.1) is 6.04 Å². The Hall–Kier alpha value is -0.180. The molecule has 3 rings (SSSR count). The number of amidine groups is 1. The van der Waals surface area contributed by atoms with Crippen LogP contribution in [0.3, 0.4) is 0 Å². The molecule has 0 radical (unpaired) electrons. The smallest absolute Gasteiger partial charge is 0.157 e. The van der Waals surface area contributed by atoms with Gasteiger partial charge in [-0.15, -0.1) is 0 Å². The molecule has 0 amide bonds. The molecule has 2 saturated carbocycles. The van der Waals surface area contributed by atoms with Crippen LogP contribution in [0.2, 0.25) is 0 Å². The van der Waals surface area contributed by atoms with E-state index in [9.17, 15) is 0 Å². The lowest BCUT2D eigenvalue weighted by atomic mass is 9.83. The number of rotatable bonds is 2. The number of aliphatic imine (C=N–C) groups is 1. The van der Waals surface area contributed by atoms with Crippen molar-refractivity contribution in [1.29, 1.82) is 0 Å². The molecule has 1 spiro atoms. The van der Waals surface area contributed by atoms with Gasteiger partial charge in [-0.25, -0.2) is 0 Å². The Balaban J connectivity index is 1.65. The molecule has 0 bridgehead atoms. The third kappa shape index (κ3) is 2.56. The first-order valence-corrected chi connectivity index (χ1v) is 8.79. The highest BCUT2D eigenvalue weighted by atomic mass is 32.2. The van der Waals surface area contributed by atoms with E-state index in [2.05, 4.69) is 12.2 Å². The van der Waals surface area contributed by atoms with E-state index in [1.54, 1.807) is 0 Å². The first-order chi connectivity index (χ1) is 8.81. The Kier molecular flexibility index (Phi) is 3.88. The maximum Gasteiger partial charge on any atom is 0.157 e. The lowest BCUT2D eigenvalue weighted by Crippen LogP contribution is -2.41. The van der Waals surface area contributed by atoms with Crippen LogP contribution in [0.1, 0.15) is 64.7 Å². The van der Waals surface area contributed by atoms with E-state index in [0.717, 1.165) is 5.92 Å². The number of nitrogens with zero attached hydrogens (tertiary/aromatic N) is 1. The zero-order valence-corrected chi connectivity index (χ0v) is 12.4. The zero-order valence-electron chi connectivity index (χ0n) is 11.6. The van der Waals surface area contributed by atoms with Crippen LogP contribution in [-0.4, -0.2) is 22.5 Å². The fourth-order valence-electron chi connectivity index (χ4n) is 3.88. The third-order valence-electron chi connectivity index (χ3n) is 5.09. The van der Waals surface area contributed by atoms with E-state index >= 15 is 0 Å². The predicted octanol–water partition coefficient (Wildman–Crippen LogP) is 3.96. The second-order valence-corrected chi connectivity index (χ2v) is 7.32. The molecule has 1 N–H and O–H groups in total. The molecule has 1 heterocycles. The van der Waals surface area contributed by atoms with Gasteiger partial charge in [0.25, 0.3) is 0 Å². The normalized spacial score (nSPS) is 37.3. The molecule has 2 nitrogen and oxygen atoms in total. The van der Waals surface area contributed by atoms with Crippen LogP contribution in [0.5, 0.6) is 0 Å². The summed E-state index contributed by atoms with van der Waals surface area (Å²) in [6, 6.07) is 0.607. The molecule has 2 atom stereocenters. The summed E-state index contributed by atoms with van der Waals surface area (Å²) in [6.07, 6.45) is 12.4. The topological polar surface area (TPSA) is 24.4 Å². The van der Waals surface area contributed by atoms with Crippen molar-refractivity contribution in [3.63, 3.8) is 0 Å². The lowest BCUT2D eigenvalue weighted by molar-refractivity contribution is 0.301. The molecule has 0 aromatic rings. The Morgan fingerprint density at radius 3 is 2.78 bits per heavy atom. The third-order valence-corrected chi connectivity index (χ3v) is 6.27. The van der Waals surface area contributed by atoms with Crippen LogP contribution in [-0.2, 0) is 0 Å². The highest BCUT2D eigenvalue weighted by molar-refractivity contribution is 8.14. The maximum absolute atomic E-state index is 5.07. The van der Waals surface area contributed by atoms with Crippen molar-refractivity contribution in [2.24, 2.45) is 10.9 Å². The van der Waals surface area contributed by atoms with E-state index < -0.39 is 0 Å². The molecule has 1 aliphatic heterocycles. The average molecular weight is 266 g/mol. The van der Waals surface area contributed by atoms with Crippen molar-refractivity contribution < 1.29 is 0 Å².